The third-order valence-corrected chi connectivity index (χ3v) is 3.12. The Kier molecular flexibility index (Phi) is 5.25. The highest BCUT2D eigenvalue weighted by Gasteiger charge is 1.98. The number of hydrogen-bond donors (Lipinski definition) is 1. The van der Waals surface area contributed by atoms with Gasteiger partial charge in [-0.25, -0.2) is 0 Å². The number of benzene rings is 2. The molecule has 0 aliphatic rings. The fraction of sp³-hybridized carbons (Fsp3) is 0.250. The first-order valence-corrected chi connectivity index (χ1v) is 6.73. The highest BCUT2D eigenvalue weighted by molar-refractivity contribution is 6.30. The zero-order valence-electron chi connectivity index (χ0n) is 10.7. The molecule has 2 aromatic rings. The second-order valence-electron chi connectivity index (χ2n) is 4.39. The molecule has 0 spiro atoms. The zero-order chi connectivity index (χ0) is 13.5. The summed E-state index contributed by atoms with van der Waals surface area (Å²) in [5.41, 5.74) is 2.31. The summed E-state index contributed by atoms with van der Waals surface area (Å²) < 4.78 is 5.70. The summed E-state index contributed by atoms with van der Waals surface area (Å²) in [5.74, 6) is 0.850. The molecule has 19 heavy (non-hydrogen) atoms. The van der Waals surface area contributed by atoms with Crippen LogP contribution in [0.2, 0.25) is 5.02 Å². The van der Waals surface area contributed by atoms with Gasteiger partial charge in [-0.05, 0) is 48.2 Å². The van der Waals surface area contributed by atoms with Gasteiger partial charge in [0.25, 0.3) is 0 Å². The van der Waals surface area contributed by atoms with E-state index in [9.17, 15) is 0 Å². The highest BCUT2D eigenvalue weighted by Crippen LogP contribution is 2.16. The SMILES string of the molecule is OCCCc1ccc(OCc2ccc(Cl)cc2)cc1. The van der Waals surface area contributed by atoms with Gasteiger partial charge >= 0.3 is 0 Å². The fourth-order valence-electron chi connectivity index (χ4n) is 1.78. The number of rotatable bonds is 6. The van der Waals surface area contributed by atoms with Crippen LogP contribution in [-0.4, -0.2) is 11.7 Å². The minimum absolute atomic E-state index is 0.231. The average Bonchev–Trinajstić information content (AvgIpc) is 2.46. The molecule has 0 aliphatic carbocycles. The maximum Gasteiger partial charge on any atom is 0.119 e. The number of aryl methyl sites for hydroxylation is 1. The number of aliphatic hydroxyl groups is 1. The number of halogens is 1. The first kappa shape index (κ1) is 13.9. The molecule has 0 amide bonds. The van der Waals surface area contributed by atoms with Crippen molar-refractivity contribution in [3.05, 3.63) is 64.7 Å². The van der Waals surface area contributed by atoms with Crippen molar-refractivity contribution >= 4 is 11.6 Å². The van der Waals surface area contributed by atoms with Crippen molar-refractivity contribution in [2.45, 2.75) is 19.4 Å². The van der Waals surface area contributed by atoms with E-state index in [4.69, 9.17) is 21.4 Å². The monoisotopic (exact) mass is 276 g/mol. The lowest BCUT2D eigenvalue weighted by Crippen LogP contribution is -1.95. The van der Waals surface area contributed by atoms with Crippen LogP contribution in [0.4, 0.5) is 0 Å². The van der Waals surface area contributed by atoms with Crippen molar-refractivity contribution in [3.63, 3.8) is 0 Å². The summed E-state index contributed by atoms with van der Waals surface area (Å²) >= 11 is 5.83. The number of hydrogen-bond acceptors (Lipinski definition) is 2. The molecule has 0 unspecified atom stereocenters. The largest absolute Gasteiger partial charge is 0.489 e. The molecule has 0 heterocycles. The van der Waals surface area contributed by atoms with Gasteiger partial charge in [0.2, 0.25) is 0 Å². The minimum atomic E-state index is 0.231. The van der Waals surface area contributed by atoms with E-state index in [1.807, 2.05) is 48.5 Å². The van der Waals surface area contributed by atoms with Crippen LogP contribution in [0.25, 0.3) is 0 Å². The topological polar surface area (TPSA) is 29.5 Å². The molecule has 2 nitrogen and oxygen atoms in total. The molecular weight excluding hydrogens is 260 g/mol. The van der Waals surface area contributed by atoms with Crippen LogP contribution in [0.3, 0.4) is 0 Å². The molecule has 2 aromatic carbocycles. The third-order valence-electron chi connectivity index (χ3n) is 2.87. The van der Waals surface area contributed by atoms with Crippen LogP contribution < -0.4 is 4.74 Å². The summed E-state index contributed by atoms with van der Waals surface area (Å²) in [5, 5.41) is 9.51. The predicted octanol–water partition coefficient (Wildman–Crippen LogP) is 3.84. The van der Waals surface area contributed by atoms with E-state index in [1.165, 1.54) is 5.56 Å². The standard InChI is InChI=1S/C16H17ClO2/c17-15-7-3-14(4-8-15)12-19-16-9-5-13(6-10-16)2-1-11-18/h3-10,18H,1-2,11-12H2. The summed E-state index contributed by atoms with van der Waals surface area (Å²) in [6, 6.07) is 15.6. The minimum Gasteiger partial charge on any atom is -0.489 e. The van der Waals surface area contributed by atoms with E-state index in [0.29, 0.717) is 6.61 Å². The Morgan fingerprint density at radius 1 is 0.895 bits per heavy atom. The molecule has 0 fully saturated rings. The van der Waals surface area contributed by atoms with Crippen LogP contribution in [0.5, 0.6) is 5.75 Å². The Morgan fingerprint density at radius 3 is 2.16 bits per heavy atom. The van der Waals surface area contributed by atoms with Gasteiger partial charge in [0.05, 0.1) is 0 Å². The van der Waals surface area contributed by atoms with Gasteiger partial charge in [-0.3, -0.25) is 0 Å². The Hall–Kier alpha value is -1.51. The molecule has 0 bridgehead atoms. The van der Waals surface area contributed by atoms with Gasteiger partial charge in [-0.15, -0.1) is 0 Å². The lowest BCUT2D eigenvalue weighted by atomic mass is 10.1. The Labute approximate surface area is 118 Å². The average molecular weight is 277 g/mol. The smallest absolute Gasteiger partial charge is 0.119 e. The molecule has 1 N–H and O–H groups in total. The predicted molar refractivity (Wildman–Crippen MR) is 77.6 cm³/mol. The molecule has 0 aromatic heterocycles. The van der Waals surface area contributed by atoms with Gasteiger partial charge in [-0.1, -0.05) is 35.9 Å². The molecule has 0 saturated carbocycles. The Bertz CT molecular complexity index is 491. The van der Waals surface area contributed by atoms with Crippen molar-refractivity contribution in [2.24, 2.45) is 0 Å². The number of ether oxygens (including phenoxy) is 1. The third kappa shape index (κ3) is 4.58. The second-order valence-corrected chi connectivity index (χ2v) is 4.82. The van der Waals surface area contributed by atoms with Gasteiger partial charge in [0.1, 0.15) is 12.4 Å². The van der Waals surface area contributed by atoms with Crippen LogP contribution >= 0.6 is 11.6 Å². The van der Waals surface area contributed by atoms with Crippen molar-refractivity contribution in [3.8, 4) is 5.75 Å². The van der Waals surface area contributed by atoms with E-state index in [0.717, 1.165) is 29.2 Å². The van der Waals surface area contributed by atoms with Gasteiger partial charge in [-0.2, -0.15) is 0 Å². The van der Waals surface area contributed by atoms with Gasteiger partial charge in [0.15, 0.2) is 0 Å². The van der Waals surface area contributed by atoms with Crippen LogP contribution in [0, 0.1) is 0 Å². The zero-order valence-corrected chi connectivity index (χ0v) is 11.4. The summed E-state index contributed by atoms with van der Waals surface area (Å²) in [4.78, 5) is 0. The quantitative estimate of drug-likeness (QED) is 0.868. The van der Waals surface area contributed by atoms with Gasteiger partial charge < -0.3 is 9.84 Å². The lowest BCUT2D eigenvalue weighted by molar-refractivity contribution is 0.288. The maximum absolute atomic E-state index is 8.78. The fourth-order valence-corrected chi connectivity index (χ4v) is 1.91. The van der Waals surface area contributed by atoms with E-state index >= 15 is 0 Å². The Morgan fingerprint density at radius 2 is 1.53 bits per heavy atom. The van der Waals surface area contributed by atoms with E-state index < -0.39 is 0 Å². The molecule has 3 heteroatoms. The highest BCUT2D eigenvalue weighted by atomic mass is 35.5. The summed E-state index contributed by atoms with van der Waals surface area (Å²) in [7, 11) is 0. The molecular formula is C16H17ClO2. The first-order chi connectivity index (χ1) is 9.28. The lowest BCUT2D eigenvalue weighted by Gasteiger charge is -2.07. The molecule has 2 rings (SSSR count). The van der Waals surface area contributed by atoms with E-state index in [1.54, 1.807) is 0 Å². The van der Waals surface area contributed by atoms with Crippen LogP contribution in [0.15, 0.2) is 48.5 Å². The molecule has 0 saturated heterocycles. The molecule has 100 valence electrons. The van der Waals surface area contributed by atoms with E-state index in [-0.39, 0.29) is 6.61 Å². The van der Waals surface area contributed by atoms with E-state index in [2.05, 4.69) is 0 Å². The van der Waals surface area contributed by atoms with Crippen molar-refractivity contribution in [1.82, 2.24) is 0 Å². The second kappa shape index (κ2) is 7.17. The van der Waals surface area contributed by atoms with Crippen LogP contribution in [-0.2, 0) is 13.0 Å². The van der Waals surface area contributed by atoms with Crippen molar-refractivity contribution in [2.75, 3.05) is 6.61 Å². The summed E-state index contributed by atoms with van der Waals surface area (Å²) in [6.07, 6.45) is 1.69. The molecule has 0 radical (unpaired) electrons. The molecule has 0 atom stereocenters. The van der Waals surface area contributed by atoms with Crippen LogP contribution in [0.1, 0.15) is 17.5 Å². The molecule has 0 aliphatic heterocycles. The van der Waals surface area contributed by atoms with Gasteiger partial charge in [0, 0.05) is 11.6 Å². The number of aliphatic hydroxyl groups excluding tert-OH is 1. The maximum atomic E-state index is 8.78. The summed E-state index contributed by atoms with van der Waals surface area (Å²) in [6.45, 7) is 0.766. The van der Waals surface area contributed by atoms with Crippen molar-refractivity contribution in [1.29, 1.82) is 0 Å². The first-order valence-electron chi connectivity index (χ1n) is 6.35. The van der Waals surface area contributed by atoms with Crippen molar-refractivity contribution < 1.29 is 9.84 Å². The normalized spacial score (nSPS) is 10.4. The Balaban J connectivity index is 1.87.